The molecular weight excluding hydrogens is 394 g/mol. The number of benzene rings is 1. The first-order valence-corrected chi connectivity index (χ1v) is 10.4. The number of hydrogen-bond donors (Lipinski definition) is 2. The Kier molecular flexibility index (Phi) is 8.27. The van der Waals surface area contributed by atoms with Gasteiger partial charge in [0.15, 0.2) is 0 Å². The number of esters is 2. The second-order valence-corrected chi connectivity index (χ2v) is 9.66. The van der Waals surface area contributed by atoms with Gasteiger partial charge in [0.25, 0.3) is 10.1 Å². The molecule has 0 bridgehead atoms. The summed E-state index contributed by atoms with van der Waals surface area (Å²) in [7, 11) is -1.30. The number of carbonyl (C=O) groups excluding carboxylic acids is 2. The van der Waals surface area contributed by atoms with Crippen LogP contribution in [0.1, 0.15) is 19.4 Å². The van der Waals surface area contributed by atoms with Crippen LogP contribution in [-0.2, 0) is 29.2 Å². The van der Waals surface area contributed by atoms with Crippen LogP contribution in [0, 0.1) is 6.92 Å². The number of nitrogens with one attached hydrogen (secondary N) is 1. The molecule has 0 spiro atoms. The lowest BCUT2D eigenvalue weighted by Crippen LogP contribution is -2.58. The van der Waals surface area contributed by atoms with Crippen molar-refractivity contribution in [1.82, 2.24) is 5.32 Å². The van der Waals surface area contributed by atoms with Gasteiger partial charge in [-0.1, -0.05) is 17.7 Å². The summed E-state index contributed by atoms with van der Waals surface area (Å²) >= 11 is 1.44. The largest absolute Gasteiger partial charge is 0.468 e. The van der Waals surface area contributed by atoms with E-state index in [4.69, 9.17) is 9.29 Å². The van der Waals surface area contributed by atoms with Gasteiger partial charge in [0.2, 0.25) is 0 Å². The molecule has 2 rings (SSSR count). The van der Waals surface area contributed by atoms with E-state index >= 15 is 0 Å². The van der Waals surface area contributed by atoms with Crippen molar-refractivity contribution in [3.63, 3.8) is 0 Å². The summed E-state index contributed by atoms with van der Waals surface area (Å²) < 4.78 is 38.6. The Labute approximate surface area is 163 Å². The van der Waals surface area contributed by atoms with Crippen molar-refractivity contribution >= 4 is 33.8 Å². The number of thioether (sulfide) groups is 1. The maximum absolute atomic E-state index is 11.5. The summed E-state index contributed by atoms with van der Waals surface area (Å²) in [5.41, 5.74) is 0.956. The zero-order valence-corrected chi connectivity index (χ0v) is 17.5. The topological polar surface area (TPSA) is 119 Å². The minimum absolute atomic E-state index is 0.0666. The van der Waals surface area contributed by atoms with E-state index in [0.29, 0.717) is 6.54 Å². The summed E-state index contributed by atoms with van der Waals surface area (Å²) in [6.07, 6.45) is 0. The molecule has 27 heavy (non-hydrogen) atoms. The summed E-state index contributed by atoms with van der Waals surface area (Å²) in [6, 6.07) is 5.59. The molecule has 0 aromatic heterocycles. The lowest BCUT2D eigenvalue weighted by molar-refractivity contribution is -0.145. The van der Waals surface area contributed by atoms with E-state index in [0.717, 1.165) is 5.56 Å². The lowest BCUT2D eigenvalue weighted by atomic mass is 10.0. The monoisotopic (exact) mass is 419 g/mol. The molecule has 10 heteroatoms. The molecule has 0 radical (unpaired) electrons. The van der Waals surface area contributed by atoms with Crippen LogP contribution in [0.2, 0.25) is 0 Å². The highest BCUT2D eigenvalue weighted by atomic mass is 32.2. The molecule has 0 amide bonds. The van der Waals surface area contributed by atoms with E-state index in [-0.39, 0.29) is 22.1 Å². The number of ether oxygens (including phenoxy) is 2. The molecule has 0 saturated carbocycles. The lowest BCUT2D eigenvalue weighted by Gasteiger charge is -2.39. The van der Waals surface area contributed by atoms with E-state index in [9.17, 15) is 18.0 Å². The van der Waals surface area contributed by atoms with Crippen LogP contribution in [0.25, 0.3) is 0 Å². The van der Waals surface area contributed by atoms with Crippen molar-refractivity contribution in [2.45, 2.75) is 41.7 Å². The Balaban J connectivity index is 0.000000289. The van der Waals surface area contributed by atoms with Gasteiger partial charge in [-0.15, -0.1) is 11.8 Å². The van der Waals surface area contributed by atoms with Gasteiger partial charge in [-0.3, -0.25) is 14.1 Å². The molecule has 1 saturated heterocycles. The number of carbonyl (C=O) groups is 2. The number of hydrogen-bond acceptors (Lipinski definition) is 8. The smallest absolute Gasteiger partial charge is 0.324 e. The van der Waals surface area contributed by atoms with Crippen LogP contribution in [0.5, 0.6) is 0 Å². The average Bonchev–Trinajstić information content (AvgIpc) is 2.59. The SMILES string of the molecule is COC(=O)C1CN[C@@H](C(=O)OC)C(C)(C)S1.Cc1ccc(S(=O)(=O)O)cc1. The molecule has 152 valence electrons. The fourth-order valence-electron chi connectivity index (χ4n) is 2.41. The average molecular weight is 420 g/mol. The Morgan fingerprint density at radius 3 is 2.07 bits per heavy atom. The zero-order valence-electron chi connectivity index (χ0n) is 15.9. The van der Waals surface area contributed by atoms with Crippen LogP contribution in [0.15, 0.2) is 29.2 Å². The van der Waals surface area contributed by atoms with Gasteiger partial charge in [0.05, 0.1) is 19.1 Å². The van der Waals surface area contributed by atoms with Crippen LogP contribution in [0.3, 0.4) is 0 Å². The number of rotatable bonds is 3. The van der Waals surface area contributed by atoms with Gasteiger partial charge in [0.1, 0.15) is 11.3 Å². The van der Waals surface area contributed by atoms with E-state index < -0.39 is 20.9 Å². The zero-order chi connectivity index (χ0) is 20.8. The third-order valence-electron chi connectivity index (χ3n) is 3.87. The Bertz CT molecular complexity index is 760. The molecule has 1 unspecified atom stereocenters. The molecule has 2 atom stereocenters. The van der Waals surface area contributed by atoms with Crippen molar-refractivity contribution < 1.29 is 32.0 Å². The van der Waals surface area contributed by atoms with Gasteiger partial charge in [-0.25, -0.2) is 0 Å². The molecule has 1 fully saturated rings. The third kappa shape index (κ3) is 6.80. The van der Waals surface area contributed by atoms with E-state index in [2.05, 4.69) is 10.1 Å². The second kappa shape index (κ2) is 9.54. The van der Waals surface area contributed by atoms with Gasteiger partial charge in [-0.2, -0.15) is 8.42 Å². The number of methoxy groups -OCH3 is 2. The summed E-state index contributed by atoms with van der Waals surface area (Å²) in [5, 5.41) is 2.75. The maximum Gasteiger partial charge on any atom is 0.324 e. The van der Waals surface area contributed by atoms with E-state index in [1.807, 2.05) is 20.8 Å². The highest BCUT2D eigenvalue weighted by molar-refractivity contribution is 8.02. The van der Waals surface area contributed by atoms with Crippen LogP contribution in [-0.4, -0.2) is 61.7 Å². The summed E-state index contributed by atoms with van der Waals surface area (Å²) in [6.45, 7) is 6.07. The van der Waals surface area contributed by atoms with Crippen molar-refractivity contribution in [2.24, 2.45) is 0 Å². The predicted molar refractivity (Wildman–Crippen MR) is 102 cm³/mol. The van der Waals surface area contributed by atoms with Gasteiger partial charge in [-0.05, 0) is 32.9 Å². The number of aryl methyl sites for hydroxylation is 1. The summed E-state index contributed by atoms with van der Waals surface area (Å²) in [4.78, 5) is 22.8. The van der Waals surface area contributed by atoms with Crippen molar-refractivity contribution in [2.75, 3.05) is 20.8 Å². The molecule has 1 aromatic rings. The molecule has 1 aliphatic rings. The molecule has 1 aromatic carbocycles. The van der Waals surface area contributed by atoms with Crippen molar-refractivity contribution in [1.29, 1.82) is 0 Å². The van der Waals surface area contributed by atoms with E-state index in [1.54, 1.807) is 12.1 Å². The van der Waals surface area contributed by atoms with Gasteiger partial charge >= 0.3 is 11.9 Å². The first-order valence-electron chi connectivity index (χ1n) is 8.03. The van der Waals surface area contributed by atoms with Crippen molar-refractivity contribution in [3.05, 3.63) is 29.8 Å². The first-order chi connectivity index (χ1) is 12.4. The maximum atomic E-state index is 11.5. The fraction of sp³-hybridized carbons (Fsp3) is 0.529. The van der Waals surface area contributed by atoms with Crippen molar-refractivity contribution in [3.8, 4) is 0 Å². The molecule has 0 aliphatic carbocycles. The van der Waals surface area contributed by atoms with Crippen LogP contribution in [0.4, 0.5) is 0 Å². The minimum Gasteiger partial charge on any atom is -0.468 e. The molecule has 2 N–H and O–H groups in total. The molecular formula is C17H25NO7S2. The molecule has 1 aliphatic heterocycles. The third-order valence-corrected chi connectivity index (χ3v) is 6.22. The van der Waals surface area contributed by atoms with Crippen LogP contribution < -0.4 is 5.32 Å². The highest BCUT2D eigenvalue weighted by Gasteiger charge is 2.44. The summed E-state index contributed by atoms with van der Waals surface area (Å²) in [5.74, 6) is -0.574. The predicted octanol–water partition coefficient (Wildman–Crippen LogP) is 1.43. The van der Waals surface area contributed by atoms with Crippen LogP contribution >= 0.6 is 11.8 Å². The van der Waals surface area contributed by atoms with Gasteiger partial charge in [0, 0.05) is 11.3 Å². The fourth-order valence-corrected chi connectivity index (χ4v) is 4.31. The van der Waals surface area contributed by atoms with E-state index in [1.165, 1.54) is 38.1 Å². The standard InChI is InChI=1S/C10H17NO4S.C7H8O3S/c1-10(2)7(9(13)15-4)11-5-6(16-10)8(12)14-3;1-6-2-4-7(5-3-6)11(8,9)10/h6-7,11H,5H2,1-4H3;2-5H,1H3,(H,8,9,10)/t6?,7-;/m0./s1. The Morgan fingerprint density at radius 1 is 1.15 bits per heavy atom. The molecule has 8 nitrogen and oxygen atoms in total. The molecule has 1 heterocycles. The normalized spacial score (nSPS) is 21.4. The Morgan fingerprint density at radius 2 is 1.67 bits per heavy atom. The highest BCUT2D eigenvalue weighted by Crippen LogP contribution is 2.36. The Hall–Kier alpha value is -1.62. The second-order valence-electron chi connectivity index (χ2n) is 6.39. The van der Waals surface area contributed by atoms with Gasteiger partial charge < -0.3 is 14.8 Å². The minimum atomic E-state index is -4.02. The quantitative estimate of drug-likeness (QED) is 0.554. The first kappa shape index (κ1) is 23.4.